The molecule has 0 aromatic heterocycles. The summed E-state index contributed by atoms with van der Waals surface area (Å²) in [5.41, 5.74) is 1.30. The van der Waals surface area contributed by atoms with Gasteiger partial charge in [0.1, 0.15) is 12.4 Å². The molecule has 0 radical (unpaired) electrons. The number of hydrogen-bond donors (Lipinski definition) is 2. The third kappa shape index (κ3) is 3.90. The molecule has 0 spiro atoms. The summed E-state index contributed by atoms with van der Waals surface area (Å²) in [6, 6.07) is 8.04. The Morgan fingerprint density at radius 1 is 1.33 bits per heavy atom. The van der Waals surface area contributed by atoms with Crippen molar-refractivity contribution >= 4 is 0 Å². The first-order chi connectivity index (χ1) is 7.30. The van der Waals surface area contributed by atoms with Gasteiger partial charge in [-0.1, -0.05) is 19.1 Å². The highest BCUT2D eigenvalue weighted by atomic mass is 16.5. The van der Waals surface area contributed by atoms with Crippen LogP contribution < -0.4 is 10.1 Å². The normalized spacial score (nSPS) is 12.5. The lowest BCUT2D eigenvalue weighted by Gasteiger charge is -2.14. The number of aryl methyl sites for hydroxylation is 1. The molecule has 15 heavy (non-hydrogen) atoms. The van der Waals surface area contributed by atoms with E-state index in [9.17, 15) is 0 Å². The van der Waals surface area contributed by atoms with Crippen molar-refractivity contribution in [3.05, 3.63) is 29.8 Å². The van der Waals surface area contributed by atoms with Gasteiger partial charge in [-0.25, -0.2) is 0 Å². The van der Waals surface area contributed by atoms with E-state index in [1.807, 2.05) is 19.2 Å². The van der Waals surface area contributed by atoms with Gasteiger partial charge in [0.05, 0.1) is 12.6 Å². The Hall–Kier alpha value is -1.06. The zero-order valence-corrected chi connectivity index (χ0v) is 9.36. The maximum atomic E-state index is 8.94. The minimum absolute atomic E-state index is 0.00384. The molecule has 3 nitrogen and oxygen atoms in total. The lowest BCUT2D eigenvalue weighted by molar-refractivity contribution is 0.189. The zero-order chi connectivity index (χ0) is 11.1. The van der Waals surface area contributed by atoms with Gasteiger partial charge in [-0.05, 0) is 31.2 Å². The second kappa shape index (κ2) is 6.43. The van der Waals surface area contributed by atoms with Gasteiger partial charge in [0.25, 0.3) is 0 Å². The maximum absolute atomic E-state index is 8.94. The average molecular weight is 209 g/mol. The van der Waals surface area contributed by atoms with Crippen LogP contribution in [0.2, 0.25) is 0 Å². The molecule has 1 atom stereocenters. The molecular weight excluding hydrogens is 190 g/mol. The molecule has 84 valence electrons. The van der Waals surface area contributed by atoms with Crippen molar-refractivity contribution < 1.29 is 9.84 Å². The first kappa shape index (κ1) is 12.0. The highest BCUT2D eigenvalue weighted by molar-refractivity contribution is 5.27. The molecule has 0 heterocycles. The highest BCUT2D eigenvalue weighted by Crippen LogP contribution is 2.12. The number of aliphatic hydroxyl groups excluding tert-OH is 1. The number of nitrogens with one attached hydrogen (secondary N) is 1. The molecule has 1 aromatic rings. The van der Waals surface area contributed by atoms with Crippen molar-refractivity contribution in [3.8, 4) is 5.75 Å². The molecule has 0 saturated heterocycles. The Bertz CT molecular complexity index is 267. The zero-order valence-electron chi connectivity index (χ0n) is 9.36. The summed E-state index contributed by atoms with van der Waals surface area (Å²) >= 11 is 0. The third-order valence-corrected chi connectivity index (χ3v) is 2.41. The van der Waals surface area contributed by atoms with E-state index in [1.165, 1.54) is 5.56 Å². The summed E-state index contributed by atoms with van der Waals surface area (Å²) < 4.78 is 5.53. The minimum atomic E-state index is -0.00384. The minimum Gasteiger partial charge on any atom is -0.492 e. The first-order valence-corrected chi connectivity index (χ1v) is 5.30. The van der Waals surface area contributed by atoms with Crippen LogP contribution in [0.25, 0.3) is 0 Å². The molecule has 0 fully saturated rings. The van der Waals surface area contributed by atoms with Crippen LogP contribution in [0.15, 0.2) is 24.3 Å². The van der Waals surface area contributed by atoms with Crippen LogP contribution in [0.4, 0.5) is 0 Å². The molecule has 1 rings (SSSR count). The van der Waals surface area contributed by atoms with Gasteiger partial charge in [-0.2, -0.15) is 0 Å². The SMILES string of the molecule is CCc1ccc(OCC(CO)NC)cc1. The summed E-state index contributed by atoms with van der Waals surface area (Å²) in [6.45, 7) is 2.70. The van der Waals surface area contributed by atoms with Crippen molar-refractivity contribution in [1.29, 1.82) is 0 Å². The van der Waals surface area contributed by atoms with Gasteiger partial charge in [0, 0.05) is 0 Å². The average Bonchev–Trinajstić information content (AvgIpc) is 2.31. The number of benzene rings is 1. The van der Waals surface area contributed by atoms with Crippen LogP contribution in [0, 0.1) is 0 Å². The summed E-state index contributed by atoms with van der Waals surface area (Å²) in [6.07, 6.45) is 1.04. The molecule has 0 aliphatic heterocycles. The van der Waals surface area contributed by atoms with E-state index in [0.29, 0.717) is 6.61 Å². The molecule has 0 amide bonds. The number of ether oxygens (including phenoxy) is 1. The molecule has 0 saturated carbocycles. The molecule has 1 unspecified atom stereocenters. The summed E-state index contributed by atoms with van der Waals surface area (Å²) in [5, 5.41) is 11.9. The summed E-state index contributed by atoms with van der Waals surface area (Å²) in [5.74, 6) is 0.848. The molecular formula is C12H19NO2. The standard InChI is InChI=1S/C12H19NO2/c1-3-10-4-6-12(7-5-10)15-9-11(8-14)13-2/h4-7,11,13-14H,3,8-9H2,1-2H3. The smallest absolute Gasteiger partial charge is 0.119 e. The number of rotatable bonds is 6. The fraction of sp³-hybridized carbons (Fsp3) is 0.500. The van der Waals surface area contributed by atoms with Crippen molar-refractivity contribution in [2.45, 2.75) is 19.4 Å². The molecule has 0 aliphatic rings. The topological polar surface area (TPSA) is 41.5 Å². The van der Waals surface area contributed by atoms with Crippen molar-refractivity contribution in [3.63, 3.8) is 0 Å². The predicted molar refractivity (Wildman–Crippen MR) is 61.2 cm³/mol. The summed E-state index contributed by atoms with van der Waals surface area (Å²) in [4.78, 5) is 0. The molecule has 0 aliphatic carbocycles. The summed E-state index contributed by atoms with van der Waals surface area (Å²) in [7, 11) is 1.81. The van der Waals surface area contributed by atoms with E-state index < -0.39 is 0 Å². The van der Waals surface area contributed by atoms with Crippen LogP contribution in [0.5, 0.6) is 5.75 Å². The van der Waals surface area contributed by atoms with E-state index in [-0.39, 0.29) is 12.6 Å². The monoisotopic (exact) mass is 209 g/mol. The largest absolute Gasteiger partial charge is 0.492 e. The van der Waals surface area contributed by atoms with Crippen molar-refractivity contribution in [1.82, 2.24) is 5.32 Å². The van der Waals surface area contributed by atoms with E-state index in [4.69, 9.17) is 9.84 Å². The van der Waals surface area contributed by atoms with Gasteiger partial charge >= 0.3 is 0 Å². The quantitative estimate of drug-likeness (QED) is 0.740. The molecule has 2 N–H and O–H groups in total. The first-order valence-electron chi connectivity index (χ1n) is 5.30. The lowest BCUT2D eigenvalue weighted by Crippen LogP contribution is -2.34. The molecule has 0 bridgehead atoms. The Labute approximate surface area is 91.1 Å². The number of likely N-dealkylation sites (N-methyl/N-ethyl adjacent to an activating group) is 1. The van der Waals surface area contributed by atoms with Crippen LogP contribution in [0.1, 0.15) is 12.5 Å². The second-order valence-corrected chi connectivity index (χ2v) is 3.48. The fourth-order valence-corrected chi connectivity index (χ4v) is 1.25. The van der Waals surface area contributed by atoms with E-state index in [0.717, 1.165) is 12.2 Å². The Morgan fingerprint density at radius 3 is 2.47 bits per heavy atom. The van der Waals surface area contributed by atoms with Crippen LogP contribution >= 0.6 is 0 Å². The molecule has 1 aromatic carbocycles. The Balaban J connectivity index is 2.43. The number of aliphatic hydroxyl groups is 1. The number of hydrogen-bond acceptors (Lipinski definition) is 3. The Morgan fingerprint density at radius 2 is 2.00 bits per heavy atom. The van der Waals surface area contributed by atoms with Crippen LogP contribution in [0.3, 0.4) is 0 Å². The highest BCUT2D eigenvalue weighted by Gasteiger charge is 2.04. The van der Waals surface area contributed by atoms with E-state index in [1.54, 1.807) is 0 Å². The van der Waals surface area contributed by atoms with Gasteiger partial charge in [0.2, 0.25) is 0 Å². The van der Waals surface area contributed by atoms with Crippen molar-refractivity contribution in [2.24, 2.45) is 0 Å². The maximum Gasteiger partial charge on any atom is 0.119 e. The second-order valence-electron chi connectivity index (χ2n) is 3.48. The fourth-order valence-electron chi connectivity index (χ4n) is 1.25. The predicted octanol–water partition coefficient (Wildman–Crippen LogP) is 1.21. The molecule has 3 heteroatoms. The van der Waals surface area contributed by atoms with Crippen LogP contribution in [-0.4, -0.2) is 31.4 Å². The van der Waals surface area contributed by atoms with Crippen LogP contribution in [-0.2, 0) is 6.42 Å². The van der Waals surface area contributed by atoms with Gasteiger partial charge in [-0.15, -0.1) is 0 Å². The van der Waals surface area contributed by atoms with E-state index >= 15 is 0 Å². The van der Waals surface area contributed by atoms with Gasteiger partial charge in [0.15, 0.2) is 0 Å². The van der Waals surface area contributed by atoms with E-state index in [2.05, 4.69) is 24.4 Å². The third-order valence-electron chi connectivity index (χ3n) is 2.41. The van der Waals surface area contributed by atoms with Crippen molar-refractivity contribution in [2.75, 3.05) is 20.3 Å². The van der Waals surface area contributed by atoms with Gasteiger partial charge in [-0.3, -0.25) is 0 Å². The Kier molecular flexibility index (Phi) is 5.15. The van der Waals surface area contributed by atoms with Gasteiger partial charge < -0.3 is 15.2 Å². The lowest BCUT2D eigenvalue weighted by atomic mass is 10.2.